The number of H-pyrrole nitrogens is 1. The van der Waals surface area contributed by atoms with E-state index in [0.29, 0.717) is 27.3 Å². The second-order valence-corrected chi connectivity index (χ2v) is 7.96. The molecule has 0 aliphatic rings. The highest BCUT2D eigenvalue weighted by Gasteiger charge is 2.15. The number of fused-ring (bicyclic) bond motifs is 2. The van der Waals surface area contributed by atoms with E-state index in [-0.39, 0.29) is 5.56 Å². The number of nitrogens with zero attached hydrogens (tertiary/aromatic N) is 3. The van der Waals surface area contributed by atoms with E-state index in [1.165, 1.54) is 22.3 Å². The van der Waals surface area contributed by atoms with Gasteiger partial charge in [-0.2, -0.15) is 0 Å². The SMILES string of the molecule is Cc1[nH]n2c(=O)cc(CSc3nc4ccccc4o3)nc2c1-c1ccc(Cl)cc1. The van der Waals surface area contributed by atoms with Crippen LogP contribution in [0.5, 0.6) is 0 Å². The average Bonchev–Trinajstić information content (AvgIpc) is 3.28. The summed E-state index contributed by atoms with van der Waals surface area (Å²) in [5.41, 5.74) is 5.33. The minimum atomic E-state index is -0.161. The minimum Gasteiger partial charge on any atom is -0.431 e. The van der Waals surface area contributed by atoms with Gasteiger partial charge in [0.05, 0.1) is 5.69 Å². The van der Waals surface area contributed by atoms with Crippen molar-refractivity contribution in [2.24, 2.45) is 0 Å². The van der Waals surface area contributed by atoms with Crippen LogP contribution >= 0.6 is 23.4 Å². The molecule has 3 aromatic heterocycles. The second-order valence-electron chi connectivity index (χ2n) is 6.60. The van der Waals surface area contributed by atoms with Crippen molar-refractivity contribution in [1.82, 2.24) is 19.6 Å². The van der Waals surface area contributed by atoms with Gasteiger partial charge in [-0.25, -0.2) is 14.5 Å². The topological polar surface area (TPSA) is 76.2 Å². The fourth-order valence-corrected chi connectivity index (χ4v) is 4.14. The van der Waals surface area contributed by atoms with Crippen molar-refractivity contribution in [2.45, 2.75) is 17.9 Å². The lowest BCUT2D eigenvalue weighted by molar-refractivity contribution is 0.489. The van der Waals surface area contributed by atoms with Crippen molar-refractivity contribution < 1.29 is 4.42 Å². The highest BCUT2D eigenvalue weighted by Crippen LogP contribution is 2.29. The molecule has 0 saturated heterocycles. The molecule has 0 aliphatic carbocycles. The van der Waals surface area contributed by atoms with Crippen molar-refractivity contribution in [1.29, 1.82) is 0 Å². The number of hydrogen-bond acceptors (Lipinski definition) is 5. The standard InChI is InChI=1S/C21H15ClN4O2S/c1-12-19(13-6-8-14(22)9-7-13)20-23-15(10-18(27)26(20)25-12)11-29-21-24-16-4-2-3-5-17(16)28-21/h2-10,25H,11H2,1H3. The van der Waals surface area contributed by atoms with Crippen LogP contribution < -0.4 is 5.56 Å². The van der Waals surface area contributed by atoms with Gasteiger partial charge in [-0.3, -0.25) is 9.89 Å². The van der Waals surface area contributed by atoms with Gasteiger partial charge in [0.25, 0.3) is 10.8 Å². The molecule has 2 aromatic carbocycles. The van der Waals surface area contributed by atoms with E-state index < -0.39 is 0 Å². The molecule has 0 saturated carbocycles. The van der Waals surface area contributed by atoms with Crippen molar-refractivity contribution in [3.63, 3.8) is 0 Å². The molecule has 0 fully saturated rings. The lowest BCUT2D eigenvalue weighted by Gasteiger charge is -2.03. The Morgan fingerprint density at radius 3 is 2.72 bits per heavy atom. The van der Waals surface area contributed by atoms with E-state index in [2.05, 4.69) is 10.1 Å². The molecule has 6 nitrogen and oxygen atoms in total. The third-order valence-corrected chi connectivity index (χ3v) is 5.71. The summed E-state index contributed by atoms with van der Waals surface area (Å²) in [5.74, 6) is 0.475. The van der Waals surface area contributed by atoms with E-state index in [9.17, 15) is 4.79 Å². The Kier molecular flexibility index (Phi) is 4.41. The number of aryl methyl sites for hydroxylation is 1. The zero-order chi connectivity index (χ0) is 20.0. The molecule has 8 heteroatoms. The van der Waals surface area contributed by atoms with Crippen molar-refractivity contribution in [2.75, 3.05) is 0 Å². The molecule has 0 amide bonds. The van der Waals surface area contributed by atoms with E-state index in [1.54, 1.807) is 0 Å². The molecule has 0 radical (unpaired) electrons. The number of nitrogens with one attached hydrogen (secondary N) is 1. The van der Waals surface area contributed by atoms with E-state index >= 15 is 0 Å². The fraction of sp³-hybridized carbons (Fsp3) is 0.0952. The van der Waals surface area contributed by atoms with Gasteiger partial charge in [-0.1, -0.05) is 47.6 Å². The van der Waals surface area contributed by atoms with Crippen LogP contribution in [0.25, 0.3) is 27.9 Å². The number of aromatic nitrogens is 4. The summed E-state index contributed by atoms with van der Waals surface area (Å²) in [7, 11) is 0. The normalized spacial score (nSPS) is 11.5. The summed E-state index contributed by atoms with van der Waals surface area (Å²) in [6.07, 6.45) is 0. The molecule has 5 aromatic rings. The van der Waals surface area contributed by atoms with Gasteiger partial charge >= 0.3 is 0 Å². The Balaban J connectivity index is 1.52. The summed E-state index contributed by atoms with van der Waals surface area (Å²) in [6.45, 7) is 1.92. The molecule has 29 heavy (non-hydrogen) atoms. The molecule has 5 rings (SSSR count). The lowest BCUT2D eigenvalue weighted by atomic mass is 10.1. The first-order chi connectivity index (χ1) is 14.1. The molecule has 0 unspecified atom stereocenters. The third kappa shape index (κ3) is 3.32. The zero-order valence-corrected chi connectivity index (χ0v) is 16.9. The summed E-state index contributed by atoms with van der Waals surface area (Å²) in [5, 5.41) is 4.31. The first-order valence-corrected chi connectivity index (χ1v) is 10.3. The third-order valence-electron chi connectivity index (χ3n) is 4.60. The van der Waals surface area contributed by atoms with Crippen LogP contribution in [0.4, 0.5) is 0 Å². The molecule has 144 valence electrons. The molecular formula is C21H15ClN4O2S. The smallest absolute Gasteiger partial charge is 0.272 e. The van der Waals surface area contributed by atoms with Gasteiger partial charge < -0.3 is 4.42 Å². The molecule has 0 aliphatic heterocycles. The summed E-state index contributed by atoms with van der Waals surface area (Å²) >= 11 is 7.42. The maximum atomic E-state index is 12.6. The number of halogens is 1. The maximum Gasteiger partial charge on any atom is 0.272 e. The van der Waals surface area contributed by atoms with Gasteiger partial charge in [0.1, 0.15) is 5.52 Å². The minimum absolute atomic E-state index is 0.161. The summed E-state index contributed by atoms with van der Waals surface area (Å²) in [6, 6.07) is 16.6. The lowest BCUT2D eigenvalue weighted by Crippen LogP contribution is -2.15. The molecule has 0 atom stereocenters. The van der Waals surface area contributed by atoms with Crippen LogP contribution in [-0.2, 0) is 5.75 Å². The predicted molar refractivity (Wildman–Crippen MR) is 115 cm³/mol. The van der Waals surface area contributed by atoms with E-state index in [1.807, 2.05) is 55.5 Å². The van der Waals surface area contributed by atoms with Crippen molar-refractivity contribution in [3.8, 4) is 11.1 Å². The Morgan fingerprint density at radius 2 is 1.93 bits per heavy atom. The molecule has 1 N–H and O–H groups in total. The number of benzene rings is 2. The Labute approximate surface area is 174 Å². The van der Waals surface area contributed by atoms with Gasteiger partial charge in [0.2, 0.25) is 0 Å². The van der Waals surface area contributed by atoms with Gasteiger partial charge in [-0.15, -0.1) is 0 Å². The second kappa shape index (κ2) is 7.09. The number of thioether (sulfide) groups is 1. The Hall–Kier alpha value is -3.03. The highest BCUT2D eigenvalue weighted by atomic mass is 35.5. The monoisotopic (exact) mass is 422 g/mol. The van der Waals surface area contributed by atoms with E-state index in [0.717, 1.165) is 27.9 Å². The van der Waals surface area contributed by atoms with Crippen LogP contribution in [0, 0.1) is 6.92 Å². The van der Waals surface area contributed by atoms with Gasteiger partial charge in [0, 0.05) is 28.1 Å². The van der Waals surface area contributed by atoms with Crippen LogP contribution in [0.1, 0.15) is 11.4 Å². The van der Waals surface area contributed by atoms with Crippen LogP contribution in [0.3, 0.4) is 0 Å². The van der Waals surface area contributed by atoms with Crippen molar-refractivity contribution in [3.05, 3.63) is 81.4 Å². The quantitative estimate of drug-likeness (QED) is 0.408. The van der Waals surface area contributed by atoms with Crippen molar-refractivity contribution >= 4 is 40.1 Å². The largest absolute Gasteiger partial charge is 0.431 e. The zero-order valence-electron chi connectivity index (χ0n) is 15.3. The predicted octanol–water partition coefficient (Wildman–Crippen LogP) is 5.08. The molecule has 0 bridgehead atoms. The highest BCUT2D eigenvalue weighted by molar-refractivity contribution is 7.98. The molecular weight excluding hydrogens is 408 g/mol. The Bertz CT molecular complexity index is 1370. The Morgan fingerprint density at radius 1 is 1.14 bits per heavy atom. The number of hydrogen-bond donors (Lipinski definition) is 1. The average molecular weight is 423 g/mol. The van der Waals surface area contributed by atoms with Crippen LogP contribution in [0.15, 0.2) is 69.0 Å². The van der Waals surface area contributed by atoms with Gasteiger partial charge in [0.15, 0.2) is 11.2 Å². The first kappa shape index (κ1) is 18.0. The van der Waals surface area contributed by atoms with E-state index in [4.69, 9.17) is 21.0 Å². The number of para-hydroxylation sites is 2. The molecule has 3 heterocycles. The van der Waals surface area contributed by atoms with Crippen LogP contribution in [-0.4, -0.2) is 19.6 Å². The summed E-state index contributed by atoms with van der Waals surface area (Å²) in [4.78, 5) is 21.8. The summed E-state index contributed by atoms with van der Waals surface area (Å²) < 4.78 is 7.20. The fourth-order valence-electron chi connectivity index (χ4n) is 3.28. The van der Waals surface area contributed by atoms with Crippen LogP contribution in [0.2, 0.25) is 5.02 Å². The van der Waals surface area contributed by atoms with Gasteiger partial charge in [-0.05, 0) is 36.8 Å². The number of rotatable bonds is 4. The number of aromatic amines is 1. The molecule has 0 spiro atoms. The first-order valence-electron chi connectivity index (χ1n) is 8.94. The number of oxazole rings is 1. The maximum absolute atomic E-state index is 12.6.